The van der Waals surface area contributed by atoms with Gasteiger partial charge in [0.15, 0.2) is 0 Å². The predicted octanol–water partition coefficient (Wildman–Crippen LogP) is 1.31. The number of carbonyl (C=O) groups excluding carboxylic acids is 1. The minimum Gasteiger partial charge on any atom is -0.396 e. The van der Waals surface area contributed by atoms with Crippen LogP contribution in [0.3, 0.4) is 0 Å². The van der Waals surface area contributed by atoms with Gasteiger partial charge >= 0.3 is 0 Å². The number of carbonyl (C=O) groups is 1. The van der Waals surface area contributed by atoms with E-state index >= 15 is 0 Å². The summed E-state index contributed by atoms with van der Waals surface area (Å²) in [5.74, 6) is 0.433. The lowest BCUT2D eigenvalue weighted by Gasteiger charge is -2.38. The van der Waals surface area contributed by atoms with E-state index in [2.05, 4.69) is 21.8 Å². The van der Waals surface area contributed by atoms with Crippen molar-refractivity contribution in [2.45, 2.75) is 12.8 Å². The number of pyridine rings is 1. The smallest absolute Gasteiger partial charge is 0.225 e. The SMILES string of the molecule is CN1CCN(C(=O)C2CCN(c3c(N)cncc3Cl)CC2)CC1. The highest BCUT2D eigenvalue weighted by Gasteiger charge is 2.30. The van der Waals surface area contributed by atoms with Crippen LogP contribution in [0.2, 0.25) is 5.02 Å². The Balaban J connectivity index is 1.59. The van der Waals surface area contributed by atoms with E-state index in [0.29, 0.717) is 16.6 Å². The molecule has 0 aliphatic carbocycles. The Morgan fingerprint density at radius 1 is 1.17 bits per heavy atom. The van der Waals surface area contributed by atoms with Crippen LogP contribution in [0.25, 0.3) is 0 Å². The third kappa shape index (κ3) is 3.53. The number of nitrogens with two attached hydrogens (primary N) is 1. The minimum atomic E-state index is 0.122. The van der Waals surface area contributed by atoms with Crippen molar-refractivity contribution in [1.82, 2.24) is 14.8 Å². The molecule has 1 aromatic rings. The van der Waals surface area contributed by atoms with Crippen LogP contribution in [0.4, 0.5) is 11.4 Å². The summed E-state index contributed by atoms with van der Waals surface area (Å²) in [5, 5.41) is 0.578. The van der Waals surface area contributed by atoms with E-state index in [0.717, 1.165) is 57.8 Å². The molecule has 7 heteroatoms. The van der Waals surface area contributed by atoms with E-state index in [9.17, 15) is 4.79 Å². The molecule has 0 bridgehead atoms. The van der Waals surface area contributed by atoms with Crippen LogP contribution >= 0.6 is 11.6 Å². The fourth-order valence-corrected chi connectivity index (χ4v) is 3.70. The second-order valence-electron chi connectivity index (χ2n) is 6.45. The van der Waals surface area contributed by atoms with Crippen molar-refractivity contribution in [3.63, 3.8) is 0 Å². The van der Waals surface area contributed by atoms with Gasteiger partial charge in [-0.05, 0) is 19.9 Å². The van der Waals surface area contributed by atoms with Crippen LogP contribution in [0.5, 0.6) is 0 Å². The summed E-state index contributed by atoms with van der Waals surface area (Å²) in [7, 11) is 2.10. The van der Waals surface area contributed by atoms with Gasteiger partial charge in [0.2, 0.25) is 5.91 Å². The fraction of sp³-hybridized carbons (Fsp3) is 0.625. The van der Waals surface area contributed by atoms with Crippen LogP contribution in [-0.2, 0) is 4.79 Å². The highest BCUT2D eigenvalue weighted by Crippen LogP contribution is 2.34. The van der Waals surface area contributed by atoms with Gasteiger partial charge in [-0.25, -0.2) is 0 Å². The Kier molecular flexibility index (Phi) is 4.92. The summed E-state index contributed by atoms with van der Waals surface area (Å²) in [4.78, 5) is 23.1. The van der Waals surface area contributed by atoms with Gasteiger partial charge in [-0.3, -0.25) is 9.78 Å². The van der Waals surface area contributed by atoms with Gasteiger partial charge in [0.05, 0.1) is 22.6 Å². The maximum Gasteiger partial charge on any atom is 0.225 e. The van der Waals surface area contributed by atoms with Crippen molar-refractivity contribution in [2.24, 2.45) is 5.92 Å². The Morgan fingerprint density at radius 2 is 1.83 bits per heavy atom. The van der Waals surface area contributed by atoms with Crippen molar-refractivity contribution < 1.29 is 4.79 Å². The molecule has 6 nitrogen and oxygen atoms in total. The highest BCUT2D eigenvalue weighted by atomic mass is 35.5. The molecule has 1 amide bonds. The van der Waals surface area contributed by atoms with Gasteiger partial charge < -0.3 is 20.4 Å². The summed E-state index contributed by atoms with van der Waals surface area (Å²) in [5.41, 5.74) is 7.46. The second-order valence-corrected chi connectivity index (χ2v) is 6.86. The number of piperazine rings is 1. The lowest BCUT2D eigenvalue weighted by Crippen LogP contribution is -2.50. The molecule has 3 rings (SSSR count). The third-order valence-electron chi connectivity index (χ3n) is 4.88. The maximum absolute atomic E-state index is 12.7. The fourth-order valence-electron chi connectivity index (χ4n) is 3.41. The van der Waals surface area contributed by atoms with Crippen molar-refractivity contribution in [3.05, 3.63) is 17.4 Å². The molecule has 126 valence electrons. The lowest BCUT2D eigenvalue weighted by atomic mass is 9.94. The molecule has 0 saturated carbocycles. The lowest BCUT2D eigenvalue weighted by molar-refractivity contribution is -0.137. The molecule has 0 spiro atoms. The van der Waals surface area contributed by atoms with E-state index in [1.165, 1.54) is 0 Å². The van der Waals surface area contributed by atoms with Crippen LogP contribution in [0.1, 0.15) is 12.8 Å². The average molecular weight is 338 g/mol. The molecule has 0 unspecified atom stereocenters. The van der Waals surface area contributed by atoms with Gasteiger partial charge in [0, 0.05) is 51.4 Å². The second kappa shape index (κ2) is 6.93. The molecule has 2 N–H and O–H groups in total. The third-order valence-corrected chi connectivity index (χ3v) is 5.15. The Bertz CT molecular complexity index is 545. The topological polar surface area (TPSA) is 65.7 Å². The number of hydrogen-bond donors (Lipinski definition) is 1. The van der Waals surface area contributed by atoms with E-state index in [4.69, 9.17) is 17.3 Å². The van der Waals surface area contributed by atoms with Gasteiger partial charge in [0.25, 0.3) is 0 Å². The van der Waals surface area contributed by atoms with E-state index in [1.54, 1.807) is 12.4 Å². The van der Waals surface area contributed by atoms with Crippen LogP contribution < -0.4 is 10.6 Å². The zero-order chi connectivity index (χ0) is 16.4. The number of hydrogen-bond acceptors (Lipinski definition) is 5. The number of halogens is 1. The number of anilines is 2. The molecule has 2 fully saturated rings. The summed E-state index contributed by atoms with van der Waals surface area (Å²) >= 11 is 6.23. The monoisotopic (exact) mass is 337 g/mol. The number of nitrogens with zero attached hydrogens (tertiary/aromatic N) is 4. The standard InChI is InChI=1S/C16H24ClN5O/c1-20-6-8-22(9-7-20)16(23)12-2-4-21(5-3-12)15-13(17)10-19-11-14(15)18/h10-12H,2-9,18H2,1H3. The number of piperidine rings is 1. The number of likely N-dealkylation sites (N-methyl/N-ethyl adjacent to an activating group) is 1. The molecule has 0 aromatic carbocycles. The molecule has 2 aliphatic heterocycles. The number of rotatable bonds is 2. The summed E-state index contributed by atoms with van der Waals surface area (Å²) in [6, 6.07) is 0. The molecule has 3 heterocycles. The molecular formula is C16H24ClN5O. The van der Waals surface area contributed by atoms with E-state index < -0.39 is 0 Å². The zero-order valence-electron chi connectivity index (χ0n) is 13.5. The normalized spacial score (nSPS) is 20.8. The first-order chi connectivity index (χ1) is 11.1. The van der Waals surface area contributed by atoms with Crippen molar-refractivity contribution in [2.75, 3.05) is 56.9 Å². The first kappa shape index (κ1) is 16.3. The van der Waals surface area contributed by atoms with Crippen LogP contribution in [0, 0.1) is 5.92 Å². The first-order valence-corrected chi connectivity index (χ1v) is 8.55. The van der Waals surface area contributed by atoms with Crippen LogP contribution in [-0.4, -0.2) is 67.0 Å². The molecule has 0 atom stereocenters. The van der Waals surface area contributed by atoms with Gasteiger partial charge in [0.1, 0.15) is 0 Å². The first-order valence-electron chi connectivity index (χ1n) is 8.17. The van der Waals surface area contributed by atoms with E-state index in [-0.39, 0.29) is 5.92 Å². The van der Waals surface area contributed by atoms with Gasteiger partial charge in [-0.15, -0.1) is 0 Å². The van der Waals surface area contributed by atoms with Gasteiger partial charge in [-0.2, -0.15) is 0 Å². The molecular weight excluding hydrogens is 314 g/mol. The Labute approximate surface area is 142 Å². The number of nitrogen functional groups attached to an aromatic ring is 1. The summed E-state index contributed by atoms with van der Waals surface area (Å²) < 4.78 is 0. The summed E-state index contributed by atoms with van der Waals surface area (Å²) in [6.07, 6.45) is 4.95. The van der Waals surface area contributed by atoms with Gasteiger partial charge in [-0.1, -0.05) is 11.6 Å². The molecule has 23 heavy (non-hydrogen) atoms. The predicted molar refractivity (Wildman–Crippen MR) is 92.7 cm³/mol. The molecule has 0 radical (unpaired) electrons. The Hall–Kier alpha value is -1.53. The quantitative estimate of drug-likeness (QED) is 0.881. The average Bonchev–Trinajstić information content (AvgIpc) is 2.55. The highest BCUT2D eigenvalue weighted by molar-refractivity contribution is 6.33. The van der Waals surface area contributed by atoms with Crippen LogP contribution in [0.15, 0.2) is 12.4 Å². The summed E-state index contributed by atoms with van der Waals surface area (Å²) in [6.45, 7) is 5.23. The number of amides is 1. The minimum absolute atomic E-state index is 0.122. The van der Waals surface area contributed by atoms with Crippen molar-refractivity contribution >= 4 is 28.9 Å². The van der Waals surface area contributed by atoms with Crippen molar-refractivity contribution in [3.8, 4) is 0 Å². The molecule has 1 aromatic heterocycles. The van der Waals surface area contributed by atoms with Crippen molar-refractivity contribution in [1.29, 1.82) is 0 Å². The Morgan fingerprint density at radius 3 is 2.43 bits per heavy atom. The molecule has 2 saturated heterocycles. The number of aromatic nitrogens is 1. The molecule has 2 aliphatic rings. The van der Waals surface area contributed by atoms with E-state index in [1.807, 2.05) is 4.90 Å². The maximum atomic E-state index is 12.7. The largest absolute Gasteiger partial charge is 0.396 e. The zero-order valence-corrected chi connectivity index (χ0v) is 14.3.